The molecule has 0 aromatic heterocycles. The molecule has 0 N–H and O–H groups in total. The molecule has 0 heterocycles. The van der Waals surface area contributed by atoms with Crippen molar-refractivity contribution in [2.75, 3.05) is 0 Å². The largest absolute Gasteiger partial charge is 0.289 e. The van der Waals surface area contributed by atoms with Gasteiger partial charge in [-0.25, -0.2) is 8.78 Å². The number of ketones is 1. The number of hydrogen-bond acceptors (Lipinski definition) is 1. The van der Waals surface area contributed by atoms with E-state index in [1.54, 1.807) is 12.1 Å². The second-order valence-corrected chi connectivity index (χ2v) is 4.76. The molecule has 0 spiro atoms. The summed E-state index contributed by atoms with van der Waals surface area (Å²) in [4.78, 5) is 11.8. The molecule has 96 valence electrons. The van der Waals surface area contributed by atoms with Crippen LogP contribution in [-0.4, -0.2) is 5.78 Å². The van der Waals surface area contributed by atoms with Crippen LogP contribution >= 0.6 is 15.9 Å². The molecular weight excluding hydrogens is 314 g/mol. The maximum absolute atomic E-state index is 13.4. The standard InChI is InChI=1S/C15H9BrF2O/c16-11-7-4-10(5-8-11)6-9-14(19)15-12(17)2-1-3-13(15)18/h1-9H. The Hall–Kier alpha value is -1.81. The molecule has 19 heavy (non-hydrogen) atoms. The van der Waals surface area contributed by atoms with E-state index in [-0.39, 0.29) is 0 Å². The summed E-state index contributed by atoms with van der Waals surface area (Å²) in [6.07, 6.45) is 2.67. The molecule has 0 bridgehead atoms. The van der Waals surface area contributed by atoms with Crippen molar-refractivity contribution in [1.29, 1.82) is 0 Å². The summed E-state index contributed by atoms with van der Waals surface area (Å²) in [5, 5.41) is 0. The quantitative estimate of drug-likeness (QED) is 0.595. The number of carbonyl (C=O) groups excluding carboxylic acids is 1. The maximum Gasteiger partial charge on any atom is 0.191 e. The van der Waals surface area contributed by atoms with Crippen molar-refractivity contribution in [3.8, 4) is 0 Å². The molecule has 0 radical (unpaired) electrons. The summed E-state index contributed by atoms with van der Waals surface area (Å²) >= 11 is 3.29. The third kappa shape index (κ3) is 3.35. The van der Waals surface area contributed by atoms with Gasteiger partial charge in [0.15, 0.2) is 5.78 Å². The summed E-state index contributed by atoms with van der Waals surface area (Å²) in [6.45, 7) is 0. The van der Waals surface area contributed by atoms with Crippen LogP contribution < -0.4 is 0 Å². The first kappa shape index (κ1) is 13.6. The minimum atomic E-state index is -0.856. The number of carbonyl (C=O) groups is 1. The molecule has 0 unspecified atom stereocenters. The molecule has 0 aliphatic rings. The van der Waals surface area contributed by atoms with Crippen molar-refractivity contribution in [3.63, 3.8) is 0 Å². The van der Waals surface area contributed by atoms with Crippen molar-refractivity contribution in [1.82, 2.24) is 0 Å². The zero-order valence-corrected chi connectivity index (χ0v) is 11.3. The zero-order valence-electron chi connectivity index (χ0n) is 9.74. The number of allylic oxidation sites excluding steroid dienone is 1. The molecular formula is C15H9BrF2O. The van der Waals surface area contributed by atoms with Crippen LogP contribution in [0.5, 0.6) is 0 Å². The fraction of sp³-hybridized carbons (Fsp3) is 0. The summed E-state index contributed by atoms with van der Waals surface area (Å²) in [6, 6.07) is 10.5. The Kier molecular flexibility index (Phi) is 4.22. The summed E-state index contributed by atoms with van der Waals surface area (Å²) in [5.41, 5.74) is 0.240. The van der Waals surface area contributed by atoms with E-state index >= 15 is 0 Å². The molecule has 2 rings (SSSR count). The first-order chi connectivity index (χ1) is 9.08. The van der Waals surface area contributed by atoms with E-state index in [0.29, 0.717) is 0 Å². The highest BCUT2D eigenvalue weighted by atomic mass is 79.9. The van der Waals surface area contributed by atoms with E-state index in [9.17, 15) is 13.6 Å². The average Bonchev–Trinajstić information content (AvgIpc) is 2.38. The lowest BCUT2D eigenvalue weighted by Gasteiger charge is -2.00. The van der Waals surface area contributed by atoms with Gasteiger partial charge in [-0.15, -0.1) is 0 Å². The lowest BCUT2D eigenvalue weighted by Crippen LogP contribution is -2.02. The van der Waals surface area contributed by atoms with E-state index in [4.69, 9.17) is 0 Å². The molecule has 0 aliphatic heterocycles. The van der Waals surface area contributed by atoms with Crippen LogP contribution in [0.4, 0.5) is 8.78 Å². The Morgan fingerprint density at radius 3 is 2.16 bits per heavy atom. The number of hydrogen-bond donors (Lipinski definition) is 0. The topological polar surface area (TPSA) is 17.1 Å². The van der Waals surface area contributed by atoms with Gasteiger partial charge in [0.1, 0.15) is 11.6 Å². The minimum Gasteiger partial charge on any atom is -0.289 e. The third-order valence-electron chi connectivity index (χ3n) is 2.51. The van der Waals surface area contributed by atoms with Crippen LogP contribution in [0.3, 0.4) is 0 Å². The molecule has 4 heteroatoms. The van der Waals surface area contributed by atoms with Crippen LogP contribution in [0, 0.1) is 11.6 Å². The fourth-order valence-corrected chi connectivity index (χ4v) is 1.83. The van der Waals surface area contributed by atoms with Gasteiger partial charge in [0.05, 0.1) is 5.56 Å². The van der Waals surface area contributed by atoms with Gasteiger partial charge in [0.2, 0.25) is 0 Å². The maximum atomic E-state index is 13.4. The fourth-order valence-electron chi connectivity index (χ4n) is 1.56. The van der Waals surface area contributed by atoms with Gasteiger partial charge in [-0.3, -0.25) is 4.79 Å². The van der Waals surface area contributed by atoms with Gasteiger partial charge in [-0.05, 0) is 35.9 Å². The van der Waals surface area contributed by atoms with Crippen LogP contribution in [0.2, 0.25) is 0 Å². The van der Waals surface area contributed by atoms with Crippen LogP contribution in [0.15, 0.2) is 53.0 Å². The Labute approximate surface area is 117 Å². The predicted molar refractivity (Wildman–Crippen MR) is 73.9 cm³/mol. The summed E-state index contributed by atoms with van der Waals surface area (Å²) in [7, 11) is 0. The molecule has 1 nitrogen and oxygen atoms in total. The van der Waals surface area contributed by atoms with Crippen molar-refractivity contribution in [2.45, 2.75) is 0 Å². The first-order valence-corrected chi connectivity index (χ1v) is 6.29. The minimum absolute atomic E-state index is 0.532. The highest BCUT2D eigenvalue weighted by Gasteiger charge is 2.14. The predicted octanol–water partition coefficient (Wildman–Crippen LogP) is 4.62. The van der Waals surface area contributed by atoms with Gasteiger partial charge < -0.3 is 0 Å². The van der Waals surface area contributed by atoms with Gasteiger partial charge in [0.25, 0.3) is 0 Å². The monoisotopic (exact) mass is 322 g/mol. The molecule has 2 aromatic rings. The van der Waals surface area contributed by atoms with E-state index < -0.39 is 23.0 Å². The van der Waals surface area contributed by atoms with Crippen LogP contribution in [0.25, 0.3) is 6.08 Å². The van der Waals surface area contributed by atoms with Crippen molar-refractivity contribution in [3.05, 3.63) is 75.8 Å². The molecule has 0 atom stereocenters. The first-order valence-electron chi connectivity index (χ1n) is 5.50. The molecule has 0 saturated carbocycles. The number of halogens is 3. The lowest BCUT2D eigenvalue weighted by molar-refractivity contribution is 0.104. The number of benzene rings is 2. The molecule has 0 fully saturated rings. The summed E-state index contributed by atoms with van der Waals surface area (Å²) < 4.78 is 27.7. The smallest absolute Gasteiger partial charge is 0.191 e. The normalized spacial score (nSPS) is 10.9. The second kappa shape index (κ2) is 5.89. The second-order valence-electron chi connectivity index (χ2n) is 3.85. The van der Waals surface area contributed by atoms with Gasteiger partial charge in [0, 0.05) is 4.47 Å². The van der Waals surface area contributed by atoms with E-state index in [0.717, 1.165) is 28.2 Å². The van der Waals surface area contributed by atoms with Gasteiger partial charge in [-0.2, -0.15) is 0 Å². The Bertz CT molecular complexity index is 613. The Morgan fingerprint density at radius 2 is 1.58 bits per heavy atom. The molecule has 0 aliphatic carbocycles. The molecule has 0 amide bonds. The highest BCUT2D eigenvalue weighted by molar-refractivity contribution is 9.10. The van der Waals surface area contributed by atoms with Crippen LogP contribution in [-0.2, 0) is 0 Å². The Balaban J connectivity index is 2.24. The van der Waals surface area contributed by atoms with E-state index in [2.05, 4.69) is 15.9 Å². The number of rotatable bonds is 3. The van der Waals surface area contributed by atoms with E-state index in [1.807, 2.05) is 12.1 Å². The SMILES string of the molecule is O=C(C=Cc1ccc(Br)cc1)c1c(F)cccc1F. The third-order valence-corrected chi connectivity index (χ3v) is 3.03. The van der Waals surface area contributed by atoms with Crippen molar-refractivity contribution >= 4 is 27.8 Å². The van der Waals surface area contributed by atoms with Gasteiger partial charge in [-0.1, -0.05) is 40.2 Å². The zero-order chi connectivity index (χ0) is 13.8. The highest BCUT2D eigenvalue weighted by Crippen LogP contribution is 2.15. The van der Waals surface area contributed by atoms with Crippen molar-refractivity contribution in [2.24, 2.45) is 0 Å². The molecule has 2 aromatic carbocycles. The average molecular weight is 323 g/mol. The van der Waals surface area contributed by atoms with Crippen molar-refractivity contribution < 1.29 is 13.6 Å². The van der Waals surface area contributed by atoms with E-state index in [1.165, 1.54) is 12.1 Å². The lowest BCUT2D eigenvalue weighted by atomic mass is 10.1. The Morgan fingerprint density at radius 1 is 1.00 bits per heavy atom. The summed E-state index contributed by atoms with van der Waals surface area (Å²) in [5.74, 6) is -2.41. The van der Waals surface area contributed by atoms with Gasteiger partial charge >= 0.3 is 0 Å². The van der Waals surface area contributed by atoms with Crippen LogP contribution in [0.1, 0.15) is 15.9 Å². The molecule has 0 saturated heterocycles.